The van der Waals surface area contributed by atoms with E-state index in [0.29, 0.717) is 29.1 Å². The number of hydroxylamine groups is 1. The Kier molecular flexibility index (Phi) is 7.83. The molecular formula is C22H24FIN4O6. The molecular weight excluding hydrogens is 562 g/mol. The Morgan fingerprint density at radius 3 is 2.76 bits per heavy atom. The molecule has 3 heterocycles. The predicted octanol–water partition coefficient (Wildman–Crippen LogP) is 2.10. The van der Waals surface area contributed by atoms with Gasteiger partial charge < -0.3 is 19.6 Å². The van der Waals surface area contributed by atoms with E-state index >= 15 is 0 Å². The first-order valence-electron chi connectivity index (χ1n) is 10.6. The number of anilines is 2. The highest BCUT2D eigenvalue weighted by Gasteiger charge is 2.26. The maximum Gasteiger partial charge on any atom is 0.282 e. The number of fused-ring (bicyclic) bond motifs is 1. The van der Waals surface area contributed by atoms with Crippen LogP contribution >= 0.6 is 22.6 Å². The summed E-state index contributed by atoms with van der Waals surface area (Å²) >= 11 is 1.99. The molecule has 0 saturated carbocycles. The number of aliphatic hydroxyl groups excluding tert-OH is 1. The van der Waals surface area contributed by atoms with Gasteiger partial charge in [-0.2, -0.15) is 0 Å². The Hall–Kier alpha value is -2.52. The summed E-state index contributed by atoms with van der Waals surface area (Å²) in [4.78, 5) is 33.4. The Labute approximate surface area is 207 Å². The number of ether oxygens (including phenoxy) is 1. The Morgan fingerprint density at radius 1 is 1.29 bits per heavy atom. The zero-order valence-corrected chi connectivity index (χ0v) is 20.6. The van der Waals surface area contributed by atoms with Crippen molar-refractivity contribution in [1.82, 2.24) is 14.9 Å². The normalized spacial score (nSPS) is 14.5. The van der Waals surface area contributed by atoms with Crippen LogP contribution in [0.4, 0.5) is 15.9 Å². The number of benzene rings is 1. The number of rotatable bonds is 8. The van der Waals surface area contributed by atoms with E-state index < -0.39 is 17.3 Å². The second kappa shape index (κ2) is 10.8. The highest BCUT2D eigenvalue weighted by molar-refractivity contribution is 14.1. The second-order valence-electron chi connectivity index (χ2n) is 7.68. The number of hydrogen-bond donors (Lipinski definition) is 3. The van der Waals surface area contributed by atoms with Crippen LogP contribution in [0.1, 0.15) is 16.1 Å². The van der Waals surface area contributed by atoms with Crippen LogP contribution in [0, 0.1) is 9.39 Å². The summed E-state index contributed by atoms with van der Waals surface area (Å²) in [6, 6.07) is 6.16. The van der Waals surface area contributed by atoms with Gasteiger partial charge in [0, 0.05) is 23.7 Å². The van der Waals surface area contributed by atoms with Crippen molar-refractivity contribution in [3.05, 3.63) is 55.3 Å². The molecule has 34 heavy (non-hydrogen) atoms. The molecule has 4 rings (SSSR count). The molecule has 182 valence electrons. The number of morpholine rings is 1. The van der Waals surface area contributed by atoms with Crippen molar-refractivity contribution in [2.24, 2.45) is 7.05 Å². The van der Waals surface area contributed by atoms with Crippen molar-refractivity contribution in [2.75, 3.05) is 44.8 Å². The van der Waals surface area contributed by atoms with Gasteiger partial charge in [0.15, 0.2) is 5.58 Å². The monoisotopic (exact) mass is 586 g/mol. The lowest BCUT2D eigenvalue weighted by atomic mass is 10.1. The van der Waals surface area contributed by atoms with Crippen molar-refractivity contribution in [3.63, 3.8) is 0 Å². The molecule has 3 N–H and O–H groups in total. The van der Waals surface area contributed by atoms with E-state index in [0.717, 1.165) is 13.1 Å². The minimum Gasteiger partial charge on any atom is -0.458 e. The van der Waals surface area contributed by atoms with Crippen LogP contribution in [-0.2, 0) is 23.2 Å². The van der Waals surface area contributed by atoms with Gasteiger partial charge in [-0.05, 0) is 46.9 Å². The summed E-state index contributed by atoms with van der Waals surface area (Å²) in [5.74, 6) is -0.712. The van der Waals surface area contributed by atoms with E-state index in [9.17, 15) is 14.0 Å². The summed E-state index contributed by atoms with van der Waals surface area (Å²) in [7, 11) is 1.48. The van der Waals surface area contributed by atoms with Gasteiger partial charge in [0.25, 0.3) is 11.5 Å². The molecule has 0 radical (unpaired) electrons. The third-order valence-corrected chi connectivity index (χ3v) is 6.04. The quantitative estimate of drug-likeness (QED) is 0.209. The molecule has 12 heteroatoms. The number of aromatic nitrogens is 1. The lowest BCUT2D eigenvalue weighted by Crippen LogP contribution is -2.35. The van der Waals surface area contributed by atoms with Crippen molar-refractivity contribution < 1.29 is 28.3 Å². The van der Waals surface area contributed by atoms with E-state index in [1.807, 2.05) is 22.6 Å². The number of carbonyl (C=O) groups is 1. The van der Waals surface area contributed by atoms with Crippen LogP contribution in [0.3, 0.4) is 0 Å². The predicted molar refractivity (Wildman–Crippen MR) is 130 cm³/mol. The molecule has 1 saturated heterocycles. The molecule has 1 aliphatic rings. The van der Waals surface area contributed by atoms with Gasteiger partial charge >= 0.3 is 0 Å². The number of pyridine rings is 1. The number of furan rings is 1. The van der Waals surface area contributed by atoms with Crippen molar-refractivity contribution >= 4 is 51.0 Å². The van der Waals surface area contributed by atoms with Crippen LogP contribution in [0.25, 0.3) is 11.0 Å². The molecule has 2 aromatic heterocycles. The maximum atomic E-state index is 14.6. The van der Waals surface area contributed by atoms with Gasteiger partial charge in [-0.15, -0.1) is 0 Å². The highest BCUT2D eigenvalue weighted by Crippen LogP contribution is 2.30. The summed E-state index contributed by atoms with van der Waals surface area (Å²) in [5, 5.41) is 12.0. The van der Waals surface area contributed by atoms with Gasteiger partial charge in [0.05, 0.1) is 44.0 Å². The van der Waals surface area contributed by atoms with Crippen molar-refractivity contribution in [1.29, 1.82) is 0 Å². The topological polar surface area (TPSA) is 118 Å². The first-order chi connectivity index (χ1) is 16.4. The van der Waals surface area contributed by atoms with Crippen LogP contribution in [0.5, 0.6) is 0 Å². The lowest BCUT2D eigenvalue weighted by Gasteiger charge is -2.25. The maximum absolute atomic E-state index is 14.6. The fraction of sp³-hybridized carbons (Fsp3) is 0.364. The summed E-state index contributed by atoms with van der Waals surface area (Å²) in [6.07, 6.45) is 0. The molecule has 0 unspecified atom stereocenters. The van der Waals surface area contributed by atoms with Crippen LogP contribution in [0.2, 0.25) is 0 Å². The standard InChI is InChI=1S/C22H24FIN4O6/c1-27-20(25-17-3-2-13(24)10-16(17)23)18(21(30)26-33-9-6-29)19-15(22(27)31)11-14(34-19)12-28-4-7-32-8-5-28/h2-3,10-11,25,29H,4-9,12H2,1H3,(H,26,30). The average Bonchev–Trinajstić information content (AvgIpc) is 3.23. The fourth-order valence-electron chi connectivity index (χ4n) is 3.69. The second-order valence-corrected chi connectivity index (χ2v) is 8.93. The summed E-state index contributed by atoms with van der Waals surface area (Å²) in [6.45, 7) is 2.66. The highest BCUT2D eigenvalue weighted by atomic mass is 127. The molecule has 0 atom stereocenters. The van der Waals surface area contributed by atoms with Crippen molar-refractivity contribution in [2.45, 2.75) is 6.54 Å². The summed E-state index contributed by atoms with van der Waals surface area (Å²) < 4.78 is 27.9. The zero-order valence-electron chi connectivity index (χ0n) is 18.4. The minimum atomic E-state index is -0.713. The molecule has 0 bridgehead atoms. The number of halogens is 2. The van der Waals surface area contributed by atoms with Gasteiger partial charge in [0.2, 0.25) is 0 Å². The Balaban J connectivity index is 1.81. The smallest absolute Gasteiger partial charge is 0.282 e. The summed E-state index contributed by atoms with van der Waals surface area (Å²) in [5.41, 5.74) is 1.95. The number of carbonyl (C=O) groups excluding carboxylic acids is 1. The Morgan fingerprint density at radius 2 is 2.06 bits per heavy atom. The van der Waals surface area contributed by atoms with E-state index in [1.165, 1.54) is 23.7 Å². The minimum absolute atomic E-state index is 0.0267. The number of amides is 1. The van der Waals surface area contributed by atoms with Crippen LogP contribution in [-0.4, -0.2) is 60.0 Å². The van der Waals surface area contributed by atoms with Crippen molar-refractivity contribution in [3.8, 4) is 0 Å². The first kappa shape index (κ1) is 24.6. The molecule has 3 aromatic rings. The fourth-order valence-corrected chi connectivity index (χ4v) is 4.14. The number of nitrogens with zero attached hydrogens (tertiary/aromatic N) is 2. The van der Waals surface area contributed by atoms with Crippen LogP contribution in [0.15, 0.2) is 33.5 Å². The molecule has 1 amide bonds. The lowest BCUT2D eigenvalue weighted by molar-refractivity contribution is 0.0169. The largest absolute Gasteiger partial charge is 0.458 e. The average molecular weight is 586 g/mol. The van der Waals surface area contributed by atoms with Gasteiger partial charge in [0.1, 0.15) is 23.0 Å². The molecule has 1 aromatic carbocycles. The SMILES string of the molecule is Cn1c(Nc2ccc(I)cc2F)c(C(=O)NOCCO)c2oc(CN3CCOCC3)cc2c1=O. The number of nitrogens with one attached hydrogen (secondary N) is 2. The zero-order chi connectivity index (χ0) is 24.2. The molecule has 1 fully saturated rings. The third-order valence-electron chi connectivity index (χ3n) is 5.37. The molecule has 0 aliphatic carbocycles. The number of aliphatic hydroxyl groups is 1. The van der Waals surface area contributed by atoms with Gasteiger partial charge in [-0.3, -0.25) is 23.9 Å². The van der Waals surface area contributed by atoms with Crippen LogP contribution < -0.4 is 16.4 Å². The van der Waals surface area contributed by atoms with Gasteiger partial charge in [-0.25, -0.2) is 9.87 Å². The molecule has 10 nitrogen and oxygen atoms in total. The van der Waals surface area contributed by atoms with E-state index in [4.69, 9.17) is 19.1 Å². The first-order valence-corrected chi connectivity index (χ1v) is 11.7. The van der Waals surface area contributed by atoms with E-state index in [-0.39, 0.29) is 41.3 Å². The molecule has 0 spiro atoms. The van der Waals surface area contributed by atoms with E-state index in [1.54, 1.807) is 12.1 Å². The molecule has 1 aliphatic heterocycles. The Bertz CT molecular complexity index is 1250. The third kappa shape index (κ3) is 5.25. The van der Waals surface area contributed by atoms with E-state index in [2.05, 4.69) is 15.7 Å². The number of hydrogen-bond acceptors (Lipinski definition) is 8. The van der Waals surface area contributed by atoms with Gasteiger partial charge in [-0.1, -0.05) is 0 Å².